The molecule has 0 saturated carbocycles. The van der Waals surface area contributed by atoms with E-state index in [0.717, 1.165) is 22.2 Å². The molecule has 18 heavy (non-hydrogen) atoms. The van der Waals surface area contributed by atoms with Crippen molar-refractivity contribution in [2.45, 2.75) is 13.3 Å². The Labute approximate surface area is 104 Å². The lowest BCUT2D eigenvalue weighted by Crippen LogP contribution is -2.49. The topological polar surface area (TPSA) is 65.2 Å². The van der Waals surface area contributed by atoms with E-state index in [1.54, 1.807) is 4.90 Å². The molecule has 1 aliphatic heterocycles. The zero-order valence-electron chi connectivity index (χ0n) is 9.99. The standard InChI is InChI=1S/C13H13N3O2/c1-8-10(3-2-9-4-6-14-12(8)9)16-7-5-11(17)15-13(16)18/h2-4,6,14H,5,7H2,1H3,(H,15,17,18). The average Bonchev–Trinajstić information content (AvgIpc) is 2.80. The van der Waals surface area contributed by atoms with Gasteiger partial charge in [0, 0.05) is 19.2 Å². The van der Waals surface area contributed by atoms with Crippen LogP contribution in [-0.2, 0) is 4.79 Å². The maximum Gasteiger partial charge on any atom is 0.328 e. The Morgan fingerprint density at radius 2 is 2.06 bits per heavy atom. The highest BCUT2D eigenvalue weighted by molar-refractivity contribution is 6.07. The number of hydrogen-bond donors (Lipinski definition) is 2. The number of aromatic nitrogens is 1. The fourth-order valence-corrected chi connectivity index (χ4v) is 2.35. The Morgan fingerprint density at radius 3 is 2.83 bits per heavy atom. The number of nitrogens with one attached hydrogen (secondary N) is 2. The van der Waals surface area contributed by atoms with Gasteiger partial charge in [0.2, 0.25) is 5.91 Å². The zero-order valence-corrected chi connectivity index (χ0v) is 9.99. The molecule has 0 unspecified atom stereocenters. The van der Waals surface area contributed by atoms with Gasteiger partial charge in [-0.3, -0.25) is 15.0 Å². The van der Waals surface area contributed by atoms with Crippen LogP contribution in [-0.4, -0.2) is 23.5 Å². The molecule has 2 N–H and O–H groups in total. The van der Waals surface area contributed by atoms with Crippen molar-refractivity contribution in [3.63, 3.8) is 0 Å². The summed E-state index contributed by atoms with van der Waals surface area (Å²) in [7, 11) is 0. The van der Waals surface area contributed by atoms with Crippen LogP contribution in [0.1, 0.15) is 12.0 Å². The van der Waals surface area contributed by atoms with Gasteiger partial charge in [0.25, 0.3) is 0 Å². The number of carbonyl (C=O) groups is 2. The summed E-state index contributed by atoms with van der Waals surface area (Å²) in [6.45, 7) is 2.40. The number of H-pyrrole nitrogens is 1. The Kier molecular flexibility index (Phi) is 2.33. The fraction of sp³-hybridized carbons (Fsp3) is 0.231. The zero-order chi connectivity index (χ0) is 12.7. The van der Waals surface area contributed by atoms with Gasteiger partial charge in [-0.2, -0.15) is 0 Å². The summed E-state index contributed by atoms with van der Waals surface area (Å²) in [5.74, 6) is -0.213. The second-order valence-electron chi connectivity index (χ2n) is 4.41. The summed E-state index contributed by atoms with van der Waals surface area (Å²) in [6, 6.07) is 5.53. The van der Waals surface area contributed by atoms with Crippen molar-refractivity contribution in [2.24, 2.45) is 0 Å². The summed E-state index contributed by atoms with van der Waals surface area (Å²) in [5.41, 5.74) is 2.88. The van der Waals surface area contributed by atoms with E-state index in [0.29, 0.717) is 13.0 Å². The third-order valence-electron chi connectivity index (χ3n) is 3.30. The van der Waals surface area contributed by atoms with E-state index in [-0.39, 0.29) is 11.9 Å². The summed E-state index contributed by atoms with van der Waals surface area (Å²) in [5, 5.41) is 3.45. The van der Waals surface area contributed by atoms with Crippen LogP contribution >= 0.6 is 0 Å². The number of carbonyl (C=O) groups excluding carboxylic acids is 2. The van der Waals surface area contributed by atoms with Gasteiger partial charge in [0.1, 0.15) is 0 Å². The van der Waals surface area contributed by atoms with Crippen LogP contribution in [0.5, 0.6) is 0 Å². The van der Waals surface area contributed by atoms with Gasteiger partial charge in [0.05, 0.1) is 11.2 Å². The molecule has 3 rings (SSSR count). The summed E-state index contributed by atoms with van der Waals surface area (Å²) >= 11 is 0. The summed E-state index contributed by atoms with van der Waals surface area (Å²) in [4.78, 5) is 27.7. The van der Waals surface area contributed by atoms with Crippen LogP contribution < -0.4 is 10.2 Å². The Bertz CT molecular complexity index is 645. The second-order valence-corrected chi connectivity index (χ2v) is 4.41. The van der Waals surface area contributed by atoms with E-state index in [1.807, 2.05) is 31.3 Å². The maximum atomic E-state index is 11.8. The molecule has 92 valence electrons. The number of nitrogens with zero attached hydrogens (tertiary/aromatic N) is 1. The molecule has 3 amide bonds. The molecule has 0 bridgehead atoms. The number of aryl methyl sites for hydroxylation is 1. The van der Waals surface area contributed by atoms with Crippen LogP contribution in [0.3, 0.4) is 0 Å². The van der Waals surface area contributed by atoms with Gasteiger partial charge in [-0.25, -0.2) is 4.79 Å². The minimum absolute atomic E-state index is 0.213. The lowest BCUT2D eigenvalue weighted by atomic mass is 10.1. The summed E-state index contributed by atoms with van der Waals surface area (Å²) < 4.78 is 0. The average molecular weight is 243 g/mol. The number of hydrogen-bond acceptors (Lipinski definition) is 2. The molecule has 0 radical (unpaired) electrons. The highest BCUT2D eigenvalue weighted by Crippen LogP contribution is 2.28. The molecular weight excluding hydrogens is 230 g/mol. The predicted octanol–water partition coefficient (Wildman–Crippen LogP) is 1.92. The number of fused-ring (bicyclic) bond motifs is 1. The van der Waals surface area contributed by atoms with Crippen molar-refractivity contribution in [1.29, 1.82) is 0 Å². The molecule has 1 aromatic heterocycles. The first-order chi connectivity index (χ1) is 8.66. The van der Waals surface area contributed by atoms with Crippen molar-refractivity contribution in [1.82, 2.24) is 10.3 Å². The number of urea groups is 1. The van der Waals surface area contributed by atoms with E-state index >= 15 is 0 Å². The smallest absolute Gasteiger partial charge is 0.328 e. The molecule has 1 fully saturated rings. The fourth-order valence-electron chi connectivity index (χ4n) is 2.35. The molecule has 2 aromatic rings. The first-order valence-electron chi connectivity index (χ1n) is 5.85. The number of amides is 3. The first-order valence-corrected chi connectivity index (χ1v) is 5.85. The van der Waals surface area contributed by atoms with Crippen molar-refractivity contribution in [3.05, 3.63) is 30.0 Å². The lowest BCUT2D eigenvalue weighted by Gasteiger charge is -2.28. The minimum atomic E-state index is -0.347. The molecule has 1 aromatic carbocycles. The van der Waals surface area contributed by atoms with Gasteiger partial charge in [0.15, 0.2) is 0 Å². The molecular formula is C13H13N3O2. The number of benzene rings is 1. The molecule has 1 saturated heterocycles. The minimum Gasteiger partial charge on any atom is -0.361 e. The monoisotopic (exact) mass is 243 g/mol. The summed E-state index contributed by atoms with van der Waals surface area (Å²) in [6.07, 6.45) is 2.22. The predicted molar refractivity (Wildman–Crippen MR) is 68.5 cm³/mol. The van der Waals surface area contributed by atoms with E-state index in [2.05, 4.69) is 10.3 Å². The van der Waals surface area contributed by atoms with E-state index in [9.17, 15) is 9.59 Å². The molecule has 5 nitrogen and oxygen atoms in total. The molecule has 2 heterocycles. The van der Waals surface area contributed by atoms with E-state index in [1.165, 1.54) is 0 Å². The quantitative estimate of drug-likeness (QED) is 0.803. The van der Waals surface area contributed by atoms with Crippen LogP contribution in [0.2, 0.25) is 0 Å². The van der Waals surface area contributed by atoms with Gasteiger partial charge < -0.3 is 4.98 Å². The maximum absolute atomic E-state index is 11.8. The Balaban J connectivity index is 2.06. The van der Waals surface area contributed by atoms with Gasteiger partial charge in [-0.05, 0) is 30.0 Å². The van der Waals surface area contributed by atoms with Crippen molar-refractivity contribution < 1.29 is 9.59 Å². The number of imide groups is 1. The van der Waals surface area contributed by atoms with E-state index < -0.39 is 0 Å². The molecule has 5 heteroatoms. The van der Waals surface area contributed by atoms with Crippen LogP contribution in [0.25, 0.3) is 10.9 Å². The highest BCUT2D eigenvalue weighted by atomic mass is 16.2. The van der Waals surface area contributed by atoms with Crippen LogP contribution in [0.4, 0.5) is 10.5 Å². The first kappa shape index (κ1) is 10.8. The highest BCUT2D eigenvalue weighted by Gasteiger charge is 2.25. The van der Waals surface area contributed by atoms with Crippen molar-refractivity contribution in [2.75, 3.05) is 11.4 Å². The van der Waals surface area contributed by atoms with Crippen molar-refractivity contribution in [3.8, 4) is 0 Å². The Hall–Kier alpha value is -2.30. The van der Waals surface area contributed by atoms with Gasteiger partial charge in [-0.15, -0.1) is 0 Å². The third-order valence-corrected chi connectivity index (χ3v) is 3.30. The number of aromatic amines is 1. The van der Waals surface area contributed by atoms with Crippen LogP contribution in [0.15, 0.2) is 24.4 Å². The second kappa shape index (κ2) is 3.87. The molecule has 0 atom stereocenters. The third kappa shape index (κ3) is 1.55. The van der Waals surface area contributed by atoms with Gasteiger partial charge in [-0.1, -0.05) is 6.07 Å². The van der Waals surface area contributed by atoms with E-state index in [4.69, 9.17) is 0 Å². The van der Waals surface area contributed by atoms with Crippen molar-refractivity contribution >= 4 is 28.5 Å². The molecule has 0 spiro atoms. The largest absolute Gasteiger partial charge is 0.361 e. The molecule has 0 aliphatic carbocycles. The number of rotatable bonds is 1. The Morgan fingerprint density at radius 1 is 1.22 bits per heavy atom. The van der Waals surface area contributed by atoms with Crippen LogP contribution in [0, 0.1) is 6.92 Å². The number of anilines is 1. The van der Waals surface area contributed by atoms with Gasteiger partial charge >= 0.3 is 6.03 Å². The lowest BCUT2D eigenvalue weighted by molar-refractivity contribution is -0.120. The SMILES string of the molecule is Cc1c(N2CCC(=O)NC2=O)ccc2cc[nH]c12. The normalized spacial score (nSPS) is 16.2. The molecule has 1 aliphatic rings.